The maximum absolute atomic E-state index is 5.97. The lowest BCUT2D eigenvalue weighted by molar-refractivity contribution is 0.306. The fourth-order valence-corrected chi connectivity index (χ4v) is 3.88. The number of hydrogen-bond donors (Lipinski definition) is 0. The van der Waals surface area contributed by atoms with Crippen LogP contribution in [0.4, 0.5) is 0 Å². The molecule has 0 fully saturated rings. The number of fused-ring (bicyclic) bond motifs is 1. The Balaban J connectivity index is 1.48. The topological polar surface area (TPSA) is 48.2 Å². The van der Waals surface area contributed by atoms with Crippen molar-refractivity contribution in [3.63, 3.8) is 0 Å². The smallest absolute Gasteiger partial charge is 0.229 e. The number of benzene rings is 3. The maximum Gasteiger partial charge on any atom is 0.229 e. The maximum atomic E-state index is 5.97. The van der Waals surface area contributed by atoms with E-state index in [0.717, 1.165) is 44.4 Å². The number of unbranched alkanes of at least 4 members (excludes halogenated alkanes) is 1. The largest absolute Gasteiger partial charge is 0.489 e. The Labute approximate surface area is 185 Å². The van der Waals surface area contributed by atoms with Crippen LogP contribution in [-0.4, -0.2) is 10.1 Å². The van der Waals surface area contributed by atoms with Crippen molar-refractivity contribution in [2.75, 3.05) is 0 Å². The van der Waals surface area contributed by atoms with E-state index in [1.807, 2.05) is 24.3 Å². The quantitative estimate of drug-likeness (QED) is 0.270. The molecule has 1 unspecified atom stereocenters. The Morgan fingerprint density at radius 1 is 1.03 bits per heavy atom. The molecule has 4 rings (SSSR count). The molecule has 0 aliphatic carbocycles. The van der Waals surface area contributed by atoms with Gasteiger partial charge in [-0.15, -0.1) is 0 Å². The molecule has 154 valence electrons. The van der Waals surface area contributed by atoms with Crippen LogP contribution in [0, 0.1) is 0 Å². The van der Waals surface area contributed by atoms with E-state index in [0.29, 0.717) is 12.4 Å². The molecule has 0 bridgehead atoms. The predicted octanol–water partition coefficient (Wildman–Crippen LogP) is 7.53. The second-order valence-corrected chi connectivity index (χ2v) is 8.56. The van der Waals surface area contributed by atoms with Gasteiger partial charge in [-0.1, -0.05) is 78.1 Å². The molecule has 1 aromatic heterocycles. The average Bonchev–Trinajstić information content (AvgIpc) is 3.26. The molecule has 0 saturated carbocycles. The van der Waals surface area contributed by atoms with Crippen LogP contribution >= 0.6 is 15.9 Å². The van der Waals surface area contributed by atoms with E-state index in [1.165, 1.54) is 12.8 Å². The van der Waals surface area contributed by atoms with Crippen LogP contribution in [0.25, 0.3) is 22.2 Å². The van der Waals surface area contributed by atoms with Gasteiger partial charge in [-0.2, -0.15) is 4.98 Å². The first-order valence-corrected chi connectivity index (χ1v) is 11.2. The van der Waals surface area contributed by atoms with Gasteiger partial charge in [0.25, 0.3) is 0 Å². The minimum absolute atomic E-state index is 0.289. The van der Waals surface area contributed by atoms with Gasteiger partial charge in [0, 0.05) is 16.0 Å². The molecule has 0 saturated heterocycles. The summed E-state index contributed by atoms with van der Waals surface area (Å²) in [7, 11) is 0. The molecule has 1 heterocycles. The summed E-state index contributed by atoms with van der Waals surface area (Å²) in [5.74, 6) is 2.50. The summed E-state index contributed by atoms with van der Waals surface area (Å²) < 4.78 is 12.5. The van der Waals surface area contributed by atoms with E-state index in [-0.39, 0.29) is 5.92 Å². The first-order valence-electron chi connectivity index (χ1n) is 10.4. The zero-order valence-corrected chi connectivity index (χ0v) is 18.9. The van der Waals surface area contributed by atoms with E-state index < -0.39 is 0 Å². The third-order valence-electron chi connectivity index (χ3n) is 5.22. The predicted molar refractivity (Wildman–Crippen MR) is 124 cm³/mol. The first kappa shape index (κ1) is 20.6. The standard InChI is InChI=1S/C25H25BrN2O2/c1-3-4-6-17(2)25-27-24(28-30-25)21-10-9-20-15-23(12-11-19(20)14-21)29-16-18-7-5-8-22(26)13-18/h5,7-15,17H,3-4,6,16H2,1-2H3. The van der Waals surface area contributed by atoms with Crippen molar-refractivity contribution in [3.05, 3.63) is 76.6 Å². The number of halogens is 1. The normalized spacial score (nSPS) is 12.2. The molecule has 4 nitrogen and oxygen atoms in total. The molecule has 30 heavy (non-hydrogen) atoms. The van der Waals surface area contributed by atoms with Crippen LogP contribution in [0.5, 0.6) is 5.75 Å². The number of hydrogen-bond acceptors (Lipinski definition) is 4. The molecule has 0 radical (unpaired) electrons. The SMILES string of the molecule is CCCCC(C)c1nc(-c2ccc3cc(OCc4cccc(Br)c4)ccc3c2)no1. The zero-order valence-electron chi connectivity index (χ0n) is 17.3. The molecule has 0 aliphatic rings. The van der Waals surface area contributed by atoms with Crippen LogP contribution in [0.15, 0.2) is 69.7 Å². The highest BCUT2D eigenvalue weighted by Gasteiger charge is 2.15. The summed E-state index contributed by atoms with van der Waals surface area (Å²) in [5, 5.41) is 6.43. The second-order valence-electron chi connectivity index (χ2n) is 7.64. The molecule has 4 aromatic rings. The third kappa shape index (κ3) is 4.90. The summed E-state index contributed by atoms with van der Waals surface area (Å²) in [4.78, 5) is 4.62. The summed E-state index contributed by atoms with van der Waals surface area (Å²) in [6.45, 7) is 4.87. The van der Waals surface area contributed by atoms with E-state index in [4.69, 9.17) is 9.26 Å². The van der Waals surface area contributed by atoms with Gasteiger partial charge in [-0.25, -0.2) is 0 Å². The molecular formula is C25H25BrN2O2. The fourth-order valence-electron chi connectivity index (χ4n) is 3.43. The minimum Gasteiger partial charge on any atom is -0.489 e. The van der Waals surface area contributed by atoms with Crippen molar-refractivity contribution in [2.45, 2.75) is 45.6 Å². The van der Waals surface area contributed by atoms with Gasteiger partial charge in [0.1, 0.15) is 12.4 Å². The number of nitrogens with zero attached hydrogens (tertiary/aromatic N) is 2. The Bertz CT molecular complexity index is 1140. The third-order valence-corrected chi connectivity index (χ3v) is 5.71. The summed E-state index contributed by atoms with van der Waals surface area (Å²) in [6, 6.07) is 20.5. The van der Waals surface area contributed by atoms with E-state index in [1.54, 1.807) is 0 Å². The van der Waals surface area contributed by atoms with E-state index >= 15 is 0 Å². The fraction of sp³-hybridized carbons (Fsp3) is 0.280. The Kier molecular flexibility index (Phi) is 6.48. The molecule has 0 spiro atoms. The van der Waals surface area contributed by atoms with E-state index in [9.17, 15) is 0 Å². The Morgan fingerprint density at radius 3 is 2.70 bits per heavy atom. The zero-order chi connectivity index (χ0) is 20.9. The lowest BCUT2D eigenvalue weighted by atomic mass is 10.0. The van der Waals surface area contributed by atoms with Gasteiger partial charge in [-0.3, -0.25) is 0 Å². The van der Waals surface area contributed by atoms with Crippen LogP contribution in [0.1, 0.15) is 50.5 Å². The Morgan fingerprint density at radius 2 is 1.87 bits per heavy atom. The van der Waals surface area contributed by atoms with Crippen LogP contribution < -0.4 is 4.74 Å². The van der Waals surface area contributed by atoms with Crippen molar-refractivity contribution in [1.82, 2.24) is 10.1 Å². The van der Waals surface area contributed by atoms with Crippen molar-refractivity contribution in [2.24, 2.45) is 0 Å². The average molecular weight is 465 g/mol. The van der Waals surface area contributed by atoms with Gasteiger partial charge in [0.2, 0.25) is 11.7 Å². The minimum atomic E-state index is 0.289. The summed E-state index contributed by atoms with van der Waals surface area (Å²) in [6.07, 6.45) is 3.41. The Hall–Kier alpha value is -2.66. The highest BCUT2D eigenvalue weighted by atomic mass is 79.9. The van der Waals surface area contributed by atoms with Gasteiger partial charge in [-0.05, 0) is 53.1 Å². The van der Waals surface area contributed by atoms with Crippen LogP contribution in [-0.2, 0) is 6.61 Å². The van der Waals surface area contributed by atoms with Crippen molar-refractivity contribution in [1.29, 1.82) is 0 Å². The summed E-state index contributed by atoms with van der Waals surface area (Å²) in [5.41, 5.74) is 2.09. The second kappa shape index (κ2) is 9.43. The summed E-state index contributed by atoms with van der Waals surface area (Å²) >= 11 is 3.49. The molecule has 5 heteroatoms. The molecule has 0 N–H and O–H groups in total. The number of ether oxygens (including phenoxy) is 1. The van der Waals surface area contributed by atoms with Crippen LogP contribution in [0.2, 0.25) is 0 Å². The molecular weight excluding hydrogens is 440 g/mol. The monoisotopic (exact) mass is 464 g/mol. The molecule has 3 aromatic carbocycles. The van der Waals surface area contributed by atoms with Gasteiger partial charge in [0.05, 0.1) is 0 Å². The van der Waals surface area contributed by atoms with Gasteiger partial charge >= 0.3 is 0 Å². The van der Waals surface area contributed by atoms with Crippen molar-refractivity contribution < 1.29 is 9.26 Å². The lowest BCUT2D eigenvalue weighted by Gasteiger charge is -2.08. The molecule has 0 amide bonds. The molecule has 0 aliphatic heterocycles. The number of aromatic nitrogens is 2. The van der Waals surface area contributed by atoms with Crippen molar-refractivity contribution >= 4 is 26.7 Å². The van der Waals surface area contributed by atoms with Crippen LogP contribution in [0.3, 0.4) is 0 Å². The lowest BCUT2D eigenvalue weighted by Crippen LogP contribution is -1.95. The van der Waals surface area contributed by atoms with Crippen molar-refractivity contribution in [3.8, 4) is 17.1 Å². The molecule has 1 atom stereocenters. The first-order chi connectivity index (χ1) is 14.6. The van der Waals surface area contributed by atoms with Gasteiger partial charge in [0.15, 0.2) is 0 Å². The number of rotatable bonds is 8. The highest BCUT2D eigenvalue weighted by Crippen LogP contribution is 2.28. The van der Waals surface area contributed by atoms with Gasteiger partial charge < -0.3 is 9.26 Å². The highest BCUT2D eigenvalue weighted by molar-refractivity contribution is 9.10. The van der Waals surface area contributed by atoms with E-state index in [2.05, 4.69) is 76.3 Å².